The summed E-state index contributed by atoms with van der Waals surface area (Å²) in [7, 11) is 0. The van der Waals surface area contributed by atoms with Crippen molar-refractivity contribution < 1.29 is 4.79 Å². The topological polar surface area (TPSA) is 55.1 Å². The molecule has 0 fully saturated rings. The van der Waals surface area contributed by atoms with Crippen molar-refractivity contribution in [3.8, 4) is 0 Å². The van der Waals surface area contributed by atoms with Gasteiger partial charge in [-0.25, -0.2) is 0 Å². The molecule has 0 radical (unpaired) electrons. The second kappa shape index (κ2) is 4.81. The molecule has 0 aliphatic rings. The van der Waals surface area contributed by atoms with E-state index in [1.807, 2.05) is 35.7 Å². The monoisotopic (exact) mass is 232 g/mol. The van der Waals surface area contributed by atoms with Crippen LogP contribution in [-0.4, -0.2) is 5.91 Å². The average Bonchev–Trinajstić information content (AvgIpc) is 2.74. The van der Waals surface area contributed by atoms with Gasteiger partial charge in [0, 0.05) is 6.54 Å². The zero-order valence-electron chi connectivity index (χ0n) is 8.64. The van der Waals surface area contributed by atoms with Gasteiger partial charge >= 0.3 is 0 Å². The van der Waals surface area contributed by atoms with Crippen molar-refractivity contribution in [2.75, 3.05) is 5.73 Å². The minimum atomic E-state index is -0.123. The molecule has 0 saturated carbocycles. The van der Waals surface area contributed by atoms with Crippen LogP contribution >= 0.6 is 11.3 Å². The highest BCUT2D eigenvalue weighted by atomic mass is 32.1. The molecule has 0 aliphatic heterocycles. The van der Waals surface area contributed by atoms with Crippen molar-refractivity contribution in [2.45, 2.75) is 6.54 Å². The Morgan fingerprint density at radius 3 is 2.62 bits per heavy atom. The van der Waals surface area contributed by atoms with Crippen LogP contribution in [0, 0.1) is 0 Å². The fraction of sp³-hybridized carbons (Fsp3) is 0.0833. The summed E-state index contributed by atoms with van der Waals surface area (Å²) >= 11 is 1.37. The lowest BCUT2D eigenvalue weighted by molar-refractivity contribution is 0.0952. The summed E-state index contributed by atoms with van der Waals surface area (Å²) in [5.41, 5.74) is 7.30. The minimum Gasteiger partial charge on any atom is -0.390 e. The van der Waals surface area contributed by atoms with Crippen LogP contribution in [0.15, 0.2) is 41.8 Å². The van der Waals surface area contributed by atoms with E-state index in [2.05, 4.69) is 5.32 Å². The first-order valence-electron chi connectivity index (χ1n) is 4.92. The number of nitrogen functional groups attached to an aromatic ring is 1. The maximum Gasteiger partial charge on any atom is 0.254 e. The highest BCUT2D eigenvalue weighted by Crippen LogP contribution is 2.18. The molecule has 2 rings (SSSR count). The second-order valence-corrected chi connectivity index (χ2v) is 4.31. The Labute approximate surface area is 97.9 Å². The Hall–Kier alpha value is -1.81. The zero-order chi connectivity index (χ0) is 11.4. The molecule has 1 amide bonds. The predicted molar refractivity (Wildman–Crippen MR) is 66.3 cm³/mol. The summed E-state index contributed by atoms with van der Waals surface area (Å²) in [6.07, 6.45) is 0. The highest BCUT2D eigenvalue weighted by molar-refractivity contribution is 7.14. The number of hydrogen-bond donors (Lipinski definition) is 2. The quantitative estimate of drug-likeness (QED) is 0.852. The van der Waals surface area contributed by atoms with E-state index in [9.17, 15) is 4.79 Å². The molecule has 3 N–H and O–H groups in total. The van der Waals surface area contributed by atoms with Crippen molar-refractivity contribution in [1.82, 2.24) is 5.32 Å². The number of thiophene rings is 1. The molecule has 0 bridgehead atoms. The van der Waals surface area contributed by atoms with E-state index in [0.29, 0.717) is 17.1 Å². The van der Waals surface area contributed by atoms with Crippen LogP contribution in [-0.2, 0) is 6.54 Å². The van der Waals surface area contributed by atoms with Crippen LogP contribution < -0.4 is 11.1 Å². The van der Waals surface area contributed by atoms with Crippen molar-refractivity contribution >= 4 is 22.2 Å². The van der Waals surface area contributed by atoms with Crippen LogP contribution in [0.3, 0.4) is 0 Å². The van der Waals surface area contributed by atoms with Gasteiger partial charge in [0.1, 0.15) is 0 Å². The number of carbonyl (C=O) groups is 1. The number of hydrogen-bond acceptors (Lipinski definition) is 3. The van der Waals surface area contributed by atoms with Gasteiger partial charge in [-0.05, 0) is 17.0 Å². The molecule has 1 aromatic heterocycles. The van der Waals surface area contributed by atoms with Crippen molar-refractivity contribution in [3.05, 3.63) is 52.9 Å². The van der Waals surface area contributed by atoms with E-state index in [1.54, 1.807) is 6.07 Å². The number of carbonyl (C=O) groups excluding carboxylic acids is 1. The molecule has 0 atom stereocenters. The number of anilines is 1. The Morgan fingerprint density at radius 2 is 2.00 bits per heavy atom. The first kappa shape index (κ1) is 10.7. The molecule has 82 valence electrons. The van der Waals surface area contributed by atoms with E-state index >= 15 is 0 Å². The maximum absolute atomic E-state index is 11.7. The first-order valence-corrected chi connectivity index (χ1v) is 5.80. The van der Waals surface area contributed by atoms with Gasteiger partial charge in [-0.1, -0.05) is 30.3 Å². The number of amides is 1. The summed E-state index contributed by atoms with van der Waals surface area (Å²) in [5, 5.41) is 5.20. The molecule has 0 spiro atoms. The van der Waals surface area contributed by atoms with E-state index in [0.717, 1.165) is 5.56 Å². The second-order valence-electron chi connectivity index (χ2n) is 3.37. The van der Waals surface area contributed by atoms with Gasteiger partial charge in [-0.2, -0.15) is 0 Å². The normalized spacial score (nSPS) is 10.0. The molecular weight excluding hydrogens is 220 g/mol. The van der Waals surface area contributed by atoms with Gasteiger partial charge in [0.2, 0.25) is 0 Å². The molecule has 3 nitrogen and oxygen atoms in total. The molecule has 1 heterocycles. The molecular formula is C12H12N2OS. The third kappa shape index (κ3) is 2.41. The molecule has 0 unspecified atom stereocenters. The predicted octanol–water partition coefficient (Wildman–Crippen LogP) is 2.26. The van der Waals surface area contributed by atoms with Gasteiger partial charge in [0.05, 0.1) is 10.6 Å². The lowest BCUT2D eigenvalue weighted by Gasteiger charge is -2.04. The Balaban J connectivity index is 1.97. The molecule has 2 aromatic rings. The maximum atomic E-state index is 11.7. The minimum absolute atomic E-state index is 0.123. The fourth-order valence-electron chi connectivity index (χ4n) is 1.38. The summed E-state index contributed by atoms with van der Waals surface area (Å²) in [6, 6.07) is 11.5. The third-order valence-corrected chi connectivity index (χ3v) is 2.98. The van der Waals surface area contributed by atoms with Crippen LogP contribution in [0.4, 0.5) is 5.00 Å². The van der Waals surface area contributed by atoms with Gasteiger partial charge < -0.3 is 11.1 Å². The molecule has 1 aromatic carbocycles. The molecule has 16 heavy (non-hydrogen) atoms. The van der Waals surface area contributed by atoms with Crippen LogP contribution in [0.5, 0.6) is 0 Å². The lowest BCUT2D eigenvalue weighted by atomic mass is 10.2. The van der Waals surface area contributed by atoms with E-state index in [1.165, 1.54) is 11.3 Å². The fourth-order valence-corrected chi connectivity index (χ4v) is 2.02. The van der Waals surface area contributed by atoms with E-state index in [-0.39, 0.29) is 5.91 Å². The summed E-state index contributed by atoms with van der Waals surface area (Å²) < 4.78 is 0. The van der Waals surface area contributed by atoms with Gasteiger partial charge in [-0.3, -0.25) is 4.79 Å². The highest BCUT2D eigenvalue weighted by Gasteiger charge is 2.09. The summed E-state index contributed by atoms with van der Waals surface area (Å²) in [5.74, 6) is -0.123. The van der Waals surface area contributed by atoms with Crippen molar-refractivity contribution in [2.24, 2.45) is 0 Å². The Morgan fingerprint density at radius 1 is 1.25 bits per heavy atom. The third-order valence-electron chi connectivity index (χ3n) is 2.24. The van der Waals surface area contributed by atoms with E-state index < -0.39 is 0 Å². The summed E-state index contributed by atoms with van der Waals surface area (Å²) in [4.78, 5) is 11.7. The van der Waals surface area contributed by atoms with Gasteiger partial charge in [0.15, 0.2) is 0 Å². The largest absolute Gasteiger partial charge is 0.390 e. The molecule has 0 aliphatic carbocycles. The number of rotatable bonds is 3. The van der Waals surface area contributed by atoms with Crippen LogP contribution in [0.25, 0.3) is 0 Å². The van der Waals surface area contributed by atoms with Crippen molar-refractivity contribution in [3.63, 3.8) is 0 Å². The van der Waals surface area contributed by atoms with Crippen molar-refractivity contribution in [1.29, 1.82) is 0 Å². The SMILES string of the molecule is Nc1sccc1C(=O)NCc1ccccc1. The van der Waals surface area contributed by atoms with E-state index in [4.69, 9.17) is 5.73 Å². The average molecular weight is 232 g/mol. The summed E-state index contributed by atoms with van der Waals surface area (Å²) in [6.45, 7) is 0.523. The van der Waals surface area contributed by atoms with Crippen LogP contribution in [0.1, 0.15) is 15.9 Å². The Bertz CT molecular complexity index is 479. The van der Waals surface area contributed by atoms with Crippen LogP contribution in [0.2, 0.25) is 0 Å². The number of nitrogens with two attached hydrogens (primary N) is 1. The number of nitrogens with one attached hydrogen (secondary N) is 1. The smallest absolute Gasteiger partial charge is 0.254 e. The Kier molecular flexibility index (Phi) is 3.22. The molecule has 0 saturated heterocycles. The van der Waals surface area contributed by atoms with Gasteiger partial charge in [-0.15, -0.1) is 11.3 Å². The zero-order valence-corrected chi connectivity index (χ0v) is 9.46. The lowest BCUT2D eigenvalue weighted by Crippen LogP contribution is -2.22. The number of benzene rings is 1. The standard InChI is InChI=1S/C12H12N2OS/c13-11-10(6-7-16-11)12(15)14-8-9-4-2-1-3-5-9/h1-7H,8,13H2,(H,14,15). The first-order chi connectivity index (χ1) is 7.77. The van der Waals surface area contributed by atoms with Gasteiger partial charge in [0.25, 0.3) is 5.91 Å². The molecule has 4 heteroatoms.